The number of halogens is 1. The molecule has 3 aromatic rings. The fourth-order valence-electron chi connectivity index (χ4n) is 3.07. The van der Waals surface area contributed by atoms with Crippen LogP contribution in [0.25, 0.3) is 10.2 Å². The number of carbonyl (C=O) groups is 1. The molecule has 0 aliphatic carbocycles. The predicted octanol–water partition coefficient (Wildman–Crippen LogP) is 2.95. The average Bonchev–Trinajstić information content (AvgIpc) is 3.25. The van der Waals surface area contributed by atoms with Crippen molar-refractivity contribution in [3.8, 4) is 0 Å². The first kappa shape index (κ1) is 16.4. The highest BCUT2D eigenvalue weighted by Gasteiger charge is 2.25. The second-order valence-electron chi connectivity index (χ2n) is 6.16. The summed E-state index contributed by atoms with van der Waals surface area (Å²) >= 11 is 7.93. The van der Waals surface area contributed by atoms with E-state index in [0.29, 0.717) is 18.8 Å². The molecule has 0 unspecified atom stereocenters. The van der Waals surface area contributed by atoms with Crippen LogP contribution in [-0.2, 0) is 7.05 Å². The number of carbonyl (C=O) groups excluding carboxylic acids is 1. The zero-order valence-corrected chi connectivity index (χ0v) is 15.6. The molecule has 1 fully saturated rings. The van der Waals surface area contributed by atoms with Gasteiger partial charge in [-0.2, -0.15) is 5.10 Å². The summed E-state index contributed by atoms with van der Waals surface area (Å²) in [6.45, 7) is 4.92. The van der Waals surface area contributed by atoms with Gasteiger partial charge in [0.2, 0.25) is 0 Å². The van der Waals surface area contributed by atoms with Crippen LogP contribution in [0.2, 0.25) is 5.02 Å². The fraction of sp³-hybridized carbons (Fsp3) is 0.353. The minimum atomic E-state index is 0.0304. The van der Waals surface area contributed by atoms with E-state index in [-0.39, 0.29) is 5.91 Å². The molecule has 1 amide bonds. The third-order valence-electron chi connectivity index (χ3n) is 4.56. The summed E-state index contributed by atoms with van der Waals surface area (Å²) in [7, 11) is 1.79. The minimum Gasteiger partial charge on any atom is -0.345 e. The highest BCUT2D eigenvalue weighted by molar-refractivity contribution is 7.22. The van der Waals surface area contributed by atoms with E-state index in [2.05, 4.69) is 10.00 Å². The van der Waals surface area contributed by atoms with Crippen molar-refractivity contribution in [1.82, 2.24) is 19.7 Å². The number of amides is 1. The molecule has 2 aromatic heterocycles. The molecule has 1 saturated heterocycles. The van der Waals surface area contributed by atoms with Crippen molar-refractivity contribution in [3.05, 3.63) is 40.7 Å². The van der Waals surface area contributed by atoms with E-state index in [9.17, 15) is 4.79 Å². The van der Waals surface area contributed by atoms with Gasteiger partial charge in [-0.1, -0.05) is 29.0 Å². The zero-order chi connectivity index (χ0) is 17.6. The Morgan fingerprint density at radius 1 is 1.20 bits per heavy atom. The molecular weight excluding hydrogens is 358 g/mol. The lowest BCUT2D eigenvalue weighted by molar-refractivity contribution is 0.0735. The Morgan fingerprint density at radius 3 is 2.60 bits per heavy atom. The molecule has 4 rings (SSSR count). The summed E-state index contributed by atoms with van der Waals surface area (Å²) in [5.74, 6) is 0.0304. The van der Waals surface area contributed by atoms with Crippen molar-refractivity contribution in [2.45, 2.75) is 6.92 Å². The molecule has 130 valence electrons. The highest BCUT2D eigenvalue weighted by Crippen LogP contribution is 2.35. The number of hydrogen-bond acceptors (Lipinski definition) is 5. The molecule has 0 radical (unpaired) electrons. The molecule has 0 atom stereocenters. The zero-order valence-electron chi connectivity index (χ0n) is 14.1. The van der Waals surface area contributed by atoms with Crippen LogP contribution in [0.5, 0.6) is 0 Å². The van der Waals surface area contributed by atoms with E-state index in [1.165, 1.54) is 0 Å². The normalized spacial score (nSPS) is 15.2. The summed E-state index contributed by atoms with van der Waals surface area (Å²) in [6.07, 6.45) is 1.65. The van der Waals surface area contributed by atoms with Crippen molar-refractivity contribution in [2.75, 3.05) is 31.1 Å². The van der Waals surface area contributed by atoms with Gasteiger partial charge < -0.3 is 9.80 Å². The number of fused-ring (bicyclic) bond motifs is 1. The maximum atomic E-state index is 12.6. The summed E-state index contributed by atoms with van der Waals surface area (Å²) in [5, 5.41) is 5.79. The number of aryl methyl sites for hydroxylation is 2. The predicted molar refractivity (Wildman–Crippen MR) is 101 cm³/mol. The second kappa shape index (κ2) is 6.31. The van der Waals surface area contributed by atoms with Gasteiger partial charge in [0.05, 0.1) is 15.2 Å². The third kappa shape index (κ3) is 2.87. The lowest BCUT2D eigenvalue weighted by atomic mass is 10.2. The minimum absolute atomic E-state index is 0.0304. The number of benzene rings is 1. The average molecular weight is 376 g/mol. The Bertz CT molecular complexity index is 903. The van der Waals surface area contributed by atoms with Gasteiger partial charge in [-0.25, -0.2) is 4.98 Å². The molecular formula is C17H18ClN5OS. The van der Waals surface area contributed by atoms with E-state index < -0.39 is 0 Å². The molecule has 25 heavy (non-hydrogen) atoms. The topological polar surface area (TPSA) is 54.3 Å². The molecule has 0 saturated carbocycles. The first-order valence-corrected chi connectivity index (χ1v) is 9.32. The summed E-state index contributed by atoms with van der Waals surface area (Å²) in [5.41, 5.74) is 2.73. The second-order valence-corrected chi connectivity index (χ2v) is 7.54. The van der Waals surface area contributed by atoms with Crippen LogP contribution < -0.4 is 4.90 Å². The van der Waals surface area contributed by atoms with Crippen LogP contribution in [-0.4, -0.2) is 51.8 Å². The van der Waals surface area contributed by atoms with Crippen LogP contribution in [0.4, 0.5) is 5.13 Å². The molecule has 1 aliphatic heterocycles. The van der Waals surface area contributed by atoms with Gasteiger partial charge in [-0.05, 0) is 24.6 Å². The van der Waals surface area contributed by atoms with Gasteiger partial charge in [0.25, 0.3) is 5.91 Å². The van der Waals surface area contributed by atoms with Gasteiger partial charge in [-0.3, -0.25) is 9.48 Å². The van der Waals surface area contributed by atoms with Gasteiger partial charge >= 0.3 is 0 Å². The Kier molecular flexibility index (Phi) is 4.13. The van der Waals surface area contributed by atoms with E-state index in [1.807, 2.05) is 24.0 Å². The van der Waals surface area contributed by atoms with Crippen molar-refractivity contribution in [3.63, 3.8) is 0 Å². The van der Waals surface area contributed by atoms with Crippen molar-refractivity contribution < 1.29 is 4.79 Å². The first-order chi connectivity index (χ1) is 12.0. The molecule has 8 heteroatoms. The van der Waals surface area contributed by atoms with Crippen molar-refractivity contribution in [1.29, 1.82) is 0 Å². The van der Waals surface area contributed by atoms with E-state index in [4.69, 9.17) is 16.6 Å². The van der Waals surface area contributed by atoms with Crippen LogP contribution in [0.3, 0.4) is 0 Å². The number of anilines is 1. The van der Waals surface area contributed by atoms with Crippen molar-refractivity contribution in [2.24, 2.45) is 7.05 Å². The molecule has 1 aliphatic rings. The monoisotopic (exact) mass is 375 g/mol. The molecule has 1 aromatic carbocycles. The third-order valence-corrected chi connectivity index (χ3v) is 6.14. The smallest absolute Gasteiger partial charge is 0.272 e. The Hall–Kier alpha value is -2.12. The maximum Gasteiger partial charge on any atom is 0.272 e. The largest absolute Gasteiger partial charge is 0.345 e. The van der Waals surface area contributed by atoms with Gasteiger partial charge in [0, 0.05) is 39.4 Å². The van der Waals surface area contributed by atoms with Crippen LogP contribution in [0.1, 0.15) is 16.1 Å². The number of thiazole rings is 1. The summed E-state index contributed by atoms with van der Waals surface area (Å²) < 4.78 is 2.65. The first-order valence-electron chi connectivity index (χ1n) is 8.12. The summed E-state index contributed by atoms with van der Waals surface area (Å²) in [4.78, 5) is 21.4. The summed E-state index contributed by atoms with van der Waals surface area (Å²) in [6, 6.07) is 5.68. The highest BCUT2D eigenvalue weighted by atomic mass is 35.5. The molecule has 0 N–H and O–H groups in total. The number of rotatable bonds is 2. The lowest BCUT2D eigenvalue weighted by Crippen LogP contribution is -2.49. The quantitative estimate of drug-likeness (QED) is 0.691. The van der Waals surface area contributed by atoms with Crippen molar-refractivity contribution >= 4 is 44.2 Å². The van der Waals surface area contributed by atoms with Gasteiger partial charge in [-0.15, -0.1) is 0 Å². The number of hydrogen-bond donors (Lipinski definition) is 0. The number of nitrogens with zero attached hydrogens (tertiary/aromatic N) is 5. The Balaban J connectivity index is 1.51. The SMILES string of the molecule is Cc1ccc(Cl)c2sc(N3CCN(C(=O)c4ccnn4C)CC3)nc12. The van der Waals surface area contributed by atoms with E-state index in [1.54, 1.807) is 35.3 Å². The molecule has 0 bridgehead atoms. The van der Waals surface area contributed by atoms with Crippen LogP contribution in [0, 0.1) is 6.92 Å². The molecule has 0 spiro atoms. The number of aromatic nitrogens is 3. The van der Waals surface area contributed by atoms with Crippen LogP contribution in [0.15, 0.2) is 24.4 Å². The lowest BCUT2D eigenvalue weighted by Gasteiger charge is -2.34. The number of piperazine rings is 1. The van der Waals surface area contributed by atoms with Crippen LogP contribution >= 0.6 is 22.9 Å². The Labute approximate surface area is 154 Å². The standard InChI is InChI=1S/C17H18ClN5OS/c1-11-3-4-12(18)15-14(11)20-17(25-15)23-9-7-22(8-10-23)16(24)13-5-6-19-21(13)2/h3-6H,7-10H2,1-2H3. The molecule has 6 nitrogen and oxygen atoms in total. The van der Waals surface area contributed by atoms with E-state index >= 15 is 0 Å². The Morgan fingerprint density at radius 2 is 1.96 bits per heavy atom. The maximum absolute atomic E-state index is 12.6. The van der Waals surface area contributed by atoms with E-state index in [0.717, 1.165) is 39.0 Å². The van der Waals surface area contributed by atoms with Gasteiger partial charge in [0.15, 0.2) is 5.13 Å². The molecule has 3 heterocycles. The van der Waals surface area contributed by atoms with Gasteiger partial charge in [0.1, 0.15) is 5.69 Å². The fourth-order valence-corrected chi connectivity index (χ4v) is 4.44.